The highest BCUT2D eigenvalue weighted by atomic mass is 16.2. The van der Waals surface area contributed by atoms with Crippen molar-refractivity contribution in [1.82, 2.24) is 10.6 Å². The summed E-state index contributed by atoms with van der Waals surface area (Å²) in [6, 6.07) is 6.04. The fourth-order valence-electron chi connectivity index (χ4n) is 3.53. The van der Waals surface area contributed by atoms with Gasteiger partial charge in [0.25, 0.3) is 5.91 Å². The van der Waals surface area contributed by atoms with E-state index in [4.69, 9.17) is 0 Å². The van der Waals surface area contributed by atoms with E-state index in [2.05, 4.69) is 17.6 Å². The molecule has 1 saturated heterocycles. The van der Waals surface area contributed by atoms with Crippen LogP contribution in [0.4, 0.5) is 5.69 Å². The lowest BCUT2D eigenvalue weighted by Crippen LogP contribution is -2.64. The Hall–Kier alpha value is -1.72. The molecule has 0 bridgehead atoms. The van der Waals surface area contributed by atoms with Gasteiger partial charge in [0, 0.05) is 13.0 Å². The van der Waals surface area contributed by atoms with Crippen molar-refractivity contribution in [3.63, 3.8) is 0 Å². The van der Waals surface area contributed by atoms with E-state index in [-0.39, 0.29) is 17.9 Å². The summed E-state index contributed by atoms with van der Waals surface area (Å²) in [6.45, 7) is 8.14. The van der Waals surface area contributed by atoms with Gasteiger partial charge in [0.15, 0.2) is 0 Å². The molecule has 2 atom stereocenters. The molecule has 2 rings (SSSR count). The average Bonchev–Trinajstić information content (AvgIpc) is 2.50. The lowest BCUT2D eigenvalue weighted by atomic mass is 9.83. The molecule has 5 heteroatoms. The molecule has 1 fully saturated rings. The van der Waals surface area contributed by atoms with Crippen LogP contribution in [0, 0.1) is 13.8 Å². The molecular weight excluding hydrogens is 290 g/mol. The summed E-state index contributed by atoms with van der Waals surface area (Å²) < 4.78 is 0. The number of anilines is 1. The molecule has 1 aromatic rings. The fourth-order valence-corrected chi connectivity index (χ4v) is 3.53. The SMILES string of the molecule is CNC1(C(=O)N(C(C)=O)c2c(C)cccc2C)CCNC(C)C1. The summed E-state index contributed by atoms with van der Waals surface area (Å²) in [7, 11) is 1.80. The number of carbonyl (C=O) groups is 2. The van der Waals surface area contributed by atoms with Crippen LogP contribution in [-0.2, 0) is 9.59 Å². The molecule has 0 aliphatic carbocycles. The van der Waals surface area contributed by atoms with Crippen LogP contribution in [0.1, 0.15) is 37.8 Å². The van der Waals surface area contributed by atoms with E-state index >= 15 is 0 Å². The van der Waals surface area contributed by atoms with Crippen LogP contribution in [0.25, 0.3) is 0 Å². The van der Waals surface area contributed by atoms with Gasteiger partial charge in [-0.25, -0.2) is 4.90 Å². The van der Waals surface area contributed by atoms with Crippen molar-refractivity contribution < 1.29 is 9.59 Å². The molecule has 0 aromatic heterocycles. The maximum absolute atomic E-state index is 13.4. The third kappa shape index (κ3) is 3.31. The molecule has 0 radical (unpaired) electrons. The maximum atomic E-state index is 13.4. The number of piperidine rings is 1. The Balaban J connectivity index is 2.49. The summed E-state index contributed by atoms with van der Waals surface area (Å²) in [6.07, 6.45) is 1.33. The number of para-hydroxylation sites is 1. The Morgan fingerprint density at radius 1 is 1.30 bits per heavy atom. The van der Waals surface area contributed by atoms with Gasteiger partial charge in [0.05, 0.1) is 5.69 Å². The summed E-state index contributed by atoms with van der Waals surface area (Å²) in [4.78, 5) is 27.1. The van der Waals surface area contributed by atoms with Crippen molar-refractivity contribution >= 4 is 17.5 Å². The molecule has 2 unspecified atom stereocenters. The van der Waals surface area contributed by atoms with Crippen molar-refractivity contribution in [3.05, 3.63) is 29.3 Å². The number of likely N-dealkylation sites (N-methyl/N-ethyl adjacent to an activating group) is 1. The Morgan fingerprint density at radius 3 is 2.39 bits per heavy atom. The second-order valence-corrected chi connectivity index (χ2v) is 6.54. The predicted molar refractivity (Wildman–Crippen MR) is 92.6 cm³/mol. The molecule has 1 heterocycles. The van der Waals surface area contributed by atoms with Crippen molar-refractivity contribution in [2.24, 2.45) is 0 Å². The van der Waals surface area contributed by atoms with Crippen LogP contribution >= 0.6 is 0 Å². The van der Waals surface area contributed by atoms with E-state index in [1.165, 1.54) is 11.8 Å². The van der Waals surface area contributed by atoms with Crippen LogP contribution in [0.2, 0.25) is 0 Å². The zero-order valence-electron chi connectivity index (χ0n) is 14.7. The zero-order chi connectivity index (χ0) is 17.2. The van der Waals surface area contributed by atoms with Gasteiger partial charge in [-0.3, -0.25) is 9.59 Å². The third-order valence-electron chi connectivity index (χ3n) is 4.77. The Labute approximate surface area is 138 Å². The molecule has 2 N–H and O–H groups in total. The van der Waals surface area contributed by atoms with Gasteiger partial charge in [-0.05, 0) is 58.3 Å². The predicted octanol–water partition coefficient (Wildman–Crippen LogP) is 1.91. The largest absolute Gasteiger partial charge is 0.314 e. The second kappa shape index (κ2) is 6.81. The normalized spacial score (nSPS) is 24.3. The van der Waals surface area contributed by atoms with Crippen molar-refractivity contribution in [2.75, 3.05) is 18.5 Å². The monoisotopic (exact) mass is 317 g/mol. The highest BCUT2D eigenvalue weighted by Crippen LogP contribution is 2.31. The van der Waals surface area contributed by atoms with Gasteiger partial charge in [-0.1, -0.05) is 18.2 Å². The minimum atomic E-state index is -0.703. The number of carbonyl (C=O) groups excluding carboxylic acids is 2. The molecule has 0 spiro atoms. The average molecular weight is 317 g/mol. The number of hydrogen-bond donors (Lipinski definition) is 2. The van der Waals surface area contributed by atoms with E-state index in [0.29, 0.717) is 18.5 Å². The minimum absolute atomic E-state index is 0.154. The number of imide groups is 1. The first-order valence-electron chi connectivity index (χ1n) is 8.16. The van der Waals surface area contributed by atoms with Gasteiger partial charge in [0.1, 0.15) is 5.54 Å². The summed E-state index contributed by atoms with van der Waals surface area (Å²) in [5.74, 6) is -0.397. The molecule has 1 aliphatic rings. The first-order valence-corrected chi connectivity index (χ1v) is 8.16. The zero-order valence-corrected chi connectivity index (χ0v) is 14.7. The van der Waals surface area contributed by atoms with Crippen LogP contribution in [-0.4, -0.2) is 37.0 Å². The van der Waals surface area contributed by atoms with Crippen molar-refractivity contribution in [3.8, 4) is 0 Å². The van der Waals surface area contributed by atoms with Gasteiger partial charge in [-0.15, -0.1) is 0 Å². The van der Waals surface area contributed by atoms with Crippen LogP contribution in [0.15, 0.2) is 18.2 Å². The second-order valence-electron chi connectivity index (χ2n) is 6.54. The topological polar surface area (TPSA) is 61.4 Å². The van der Waals surface area contributed by atoms with E-state index in [1.807, 2.05) is 32.0 Å². The number of benzene rings is 1. The lowest BCUT2D eigenvalue weighted by Gasteiger charge is -2.41. The van der Waals surface area contributed by atoms with Crippen LogP contribution in [0.5, 0.6) is 0 Å². The number of aryl methyl sites for hydroxylation is 2. The Bertz CT molecular complexity index is 594. The number of hydrogen-bond acceptors (Lipinski definition) is 4. The molecule has 2 amide bonds. The van der Waals surface area contributed by atoms with E-state index in [9.17, 15) is 9.59 Å². The standard InChI is InChI=1S/C18H27N3O2/c1-12-7-6-8-13(2)16(12)21(15(4)22)17(23)18(19-5)9-10-20-14(3)11-18/h6-8,14,19-20H,9-11H2,1-5H3. The van der Waals surface area contributed by atoms with E-state index < -0.39 is 5.54 Å². The smallest absolute Gasteiger partial charge is 0.254 e. The van der Waals surface area contributed by atoms with Gasteiger partial charge in [0.2, 0.25) is 5.91 Å². The number of amides is 2. The fraction of sp³-hybridized carbons (Fsp3) is 0.556. The maximum Gasteiger partial charge on any atom is 0.254 e. The van der Waals surface area contributed by atoms with E-state index in [0.717, 1.165) is 17.7 Å². The Morgan fingerprint density at radius 2 is 1.91 bits per heavy atom. The molecule has 23 heavy (non-hydrogen) atoms. The third-order valence-corrected chi connectivity index (χ3v) is 4.77. The molecule has 126 valence electrons. The quantitative estimate of drug-likeness (QED) is 0.894. The highest BCUT2D eigenvalue weighted by molar-refractivity contribution is 6.18. The molecule has 0 saturated carbocycles. The summed E-state index contributed by atoms with van der Waals surface area (Å²) in [5.41, 5.74) is 1.87. The van der Waals surface area contributed by atoms with Crippen molar-refractivity contribution in [2.45, 2.75) is 52.1 Å². The first-order chi connectivity index (χ1) is 10.8. The van der Waals surface area contributed by atoms with E-state index in [1.54, 1.807) is 7.05 Å². The number of rotatable bonds is 3. The first kappa shape index (κ1) is 17.6. The van der Waals surface area contributed by atoms with Crippen LogP contribution < -0.4 is 15.5 Å². The lowest BCUT2D eigenvalue weighted by molar-refractivity contribution is -0.130. The molecular formula is C18H27N3O2. The summed E-state index contributed by atoms with van der Waals surface area (Å²) >= 11 is 0. The number of nitrogens with one attached hydrogen (secondary N) is 2. The summed E-state index contributed by atoms with van der Waals surface area (Å²) in [5, 5.41) is 6.57. The molecule has 5 nitrogen and oxygen atoms in total. The van der Waals surface area contributed by atoms with Crippen LogP contribution in [0.3, 0.4) is 0 Å². The van der Waals surface area contributed by atoms with Gasteiger partial charge in [-0.2, -0.15) is 0 Å². The van der Waals surface area contributed by atoms with Gasteiger partial charge < -0.3 is 10.6 Å². The Kier molecular flexibility index (Phi) is 5.22. The highest BCUT2D eigenvalue weighted by Gasteiger charge is 2.44. The molecule has 1 aromatic carbocycles. The number of nitrogens with zero attached hydrogens (tertiary/aromatic N) is 1. The van der Waals surface area contributed by atoms with Gasteiger partial charge >= 0.3 is 0 Å². The minimum Gasteiger partial charge on any atom is -0.314 e. The van der Waals surface area contributed by atoms with Crippen molar-refractivity contribution in [1.29, 1.82) is 0 Å². The molecule has 1 aliphatic heterocycles.